The van der Waals surface area contributed by atoms with Crippen molar-refractivity contribution in [2.45, 2.75) is 25.7 Å². The van der Waals surface area contributed by atoms with Crippen LogP contribution in [-0.2, 0) is 0 Å². The Labute approximate surface area is 172 Å². The van der Waals surface area contributed by atoms with Crippen molar-refractivity contribution < 1.29 is 5.11 Å². The summed E-state index contributed by atoms with van der Waals surface area (Å²) < 4.78 is 3.03. The number of pyridine rings is 1. The lowest BCUT2D eigenvalue weighted by Gasteiger charge is -2.04. The van der Waals surface area contributed by atoms with Crippen LogP contribution in [0.15, 0.2) is 76.4 Å². The number of phenolic OH excluding ortho intramolecular Hbond substituents is 1. The van der Waals surface area contributed by atoms with Crippen LogP contribution in [0.2, 0.25) is 0 Å². The molecule has 3 nitrogen and oxygen atoms in total. The normalized spacial score (nSPS) is 10.5. The van der Waals surface area contributed by atoms with Gasteiger partial charge in [-0.25, -0.2) is 4.98 Å². The lowest BCUT2D eigenvalue weighted by molar-refractivity contribution is 0.475. The van der Waals surface area contributed by atoms with Crippen molar-refractivity contribution in [2.75, 3.05) is 0 Å². The molecule has 2 aromatic heterocycles. The predicted molar refractivity (Wildman–Crippen MR) is 118 cm³/mol. The average molecular weight is 441 g/mol. The smallest absolute Gasteiger partial charge is 0.150 e. The maximum absolute atomic E-state index is 9.55. The van der Waals surface area contributed by atoms with Gasteiger partial charge in [-0.3, -0.25) is 3.97 Å². The molecule has 4 rings (SSSR count). The van der Waals surface area contributed by atoms with E-state index >= 15 is 0 Å². The summed E-state index contributed by atoms with van der Waals surface area (Å²) in [5, 5.41) is 10.6. The third kappa shape index (κ3) is 4.37. The van der Waals surface area contributed by atoms with Gasteiger partial charge in [0, 0.05) is 32.7 Å². The molecular formula is C22H21BrN2OS. The minimum absolute atomic E-state index is 0.265. The second-order valence-corrected chi connectivity index (χ2v) is 7.81. The average Bonchev–Trinajstić information content (AvgIpc) is 3.03. The van der Waals surface area contributed by atoms with E-state index in [1.807, 2.05) is 32.2 Å². The van der Waals surface area contributed by atoms with Gasteiger partial charge in [0.2, 0.25) is 0 Å². The minimum Gasteiger partial charge on any atom is -0.508 e. The first-order valence-corrected chi connectivity index (χ1v) is 10.4. The van der Waals surface area contributed by atoms with Crippen LogP contribution in [0.5, 0.6) is 5.75 Å². The Balaban J connectivity index is 0.00000102. The van der Waals surface area contributed by atoms with Crippen molar-refractivity contribution in [2.24, 2.45) is 0 Å². The predicted octanol–water partition coefficient (Wildman–Crippen LogP) is 7.06. The summed E-state index contributed by atoms with van der Waals surface area (Å²) in [6.45, 7) is 6.08. The number of aromatic nitrogens is 2. The zero-order chi connectivity index (χ0) is 19.4. The summed E-state index contributed by atoms with van der Waals surface area (Å²) in [7, 11) is 0. The van der Waals surface area contributed by atoms with Gasteiger partial charge in [0.25, 0.3) is 0 Å². The van der Waals surface area contributed by atoms with Gasteiger partial charge in [-0.2, -0.15) is 0 Å². The summed E-state index contributed by atoms with van der Waals surface area (Å²) in [5.74, 6) is 0.265. The SMILES string of the molecule is CC.Cc1ccc(Sn2cc(-c3ccc(O)cc3)c3cc(Br)cnc32)cc1. The second-order valence-electron chi connectivity index (χ2n) is 5.84. The summed E-state index contributed by atoms with van der Waals surface area (Å²) in [6, 6.07) is 17.8. The molecule has 0 spiro atoms. The second kappa shape index (κ2) is 8.63. The molecule has 4 aromatic rings. The third-order valence-electron chi connectivity index (χ3n) is 3.98. The maximum atomic E-state index is 9.55. The van der Waals surface area contributed by atoms with Crippen molar-refractivity contribution in [3.63, 3.8) is 0 Å². The highest BCUT2D eigenvalue weighted by molar-refractivity contribution is 9.10. The standard InChI is InChI=1S/C20H15BrN2OS.C2H6/c1-13-2-8-17(9-3-13)25-23-12-19(14-4-6-16(24)7-5-14)18-10-15(21)11-22-20(18)23;1-2/h2-12,24H,1H3;1-2H3. The lowest BCUT2D eigenvalue weighted by Crippen LogP contribution is -1.87. The number of nitrogens with zero attached hydrogens (tertiary/aromatic N) is 2. The van der Waals surface area contributed by atoms with Gasteiger partial charge < -0.3 is 5.11 Å². The molecule has 0 aliphatic heterocycles. The van der Waals surface area contributed by atoms with Gasteiger partial charge in [0.1, 0.15) is 5.75 Å². The number of rotatable bonds is 3. The van der Waals surface area contributed by atoms with E-state index in [4.69, 9.17) is 0 Å². The molecule has 0 saturated heterocycles. The molecule has 0 saturated carbocycles. The molecule has 27 heavy (non-hydrogen) atoms. The van der Waals surface area contributed by atoms with Gasteiger partial charge >= 0.3 is 0 Å². The maximum Gasteiger partial charge on any atom is 0.150 e. The van der Waals surface area contributed by atoms with Gasteiger partial charge in [0.15, 0.2) is 5.65 Å². The fourth-order valence-electron chi connectivity index (χ4n) is 2.71. The molecule has 2 heterocycles. The van der Waals surface area contributed by atoms with E-state index in [1.165, 1.54) is 5.56 Å². The highest BCUT2D eigenvalue weighted by Crippen LogP contribution is 2.35. The van der Waals surface area contributed by atoms with Crippen LogP contribution in [0, 0.1) is 6.92 Å². The molecule has 5 heteroatoms. The van der Waals surface area contributed by atoms with Crippen molar-refractivity contribution in [3.05, 3.63) is 77.0 Å². The van der Waals surface area contributed by atoms with Crippen LogP contribution >= 0.6 is 27.9 Å². The largest absolute Gasteiger partial charge is 0.508 e. The number of halogens is 1. The number of phenols is 1. The van der Waals surface area contributed by atoms with Gasteiger partial charge in [-0.1, -0.05) is 43.7 Å². The number of fused-ring (bicyclic) bond motifs is 1. The molecule has 0 amide bonds. The van der Waals surface area contributed by atoms with E-state index < -0.39 is 0 Å². The van der Waals surface area contributed by atoms with E-state index in [0.717, 1.165) is 31.5 Å². The molecule has 0 aliphatic carbocycles. The summed E-state index contributed by atoms with van der Waals surface area (Å²) in [6.07, 6.45) is 3.91. The molecular weight excluding hydrogens is 420 g/mol. The molecule has 2 aromatic carbocycles. The topological polar surface area (TPSA) is 38.0 Å². The van der Waals surface area contributed by atoms with Crippen molar-refractivity contribution >= 4 is 38.9 Å². The zero-order valence-electron chi connectivity index (χ0n) is 15.5. The number of hydrogen-bond acceptors (Lipinski definition) is 3. The van der Waals surface area contributed by atoms with Crippen molar-refractivity contribution in [3.8, 4) is 16.9 Å². The fraction of sp³-hybridized carbons (Fsp3) is 0.136. The summed E-state index contributed by atoms with van der Waals surface area (Å²) in [4.78, 5) is 5.76. The summed E-state index contributed by atoms with van der Waals surface area (Å²) >= 11 is 5.16. The number of aryl methyl sites for hydroxylation is 1. The highest BCUT2D eigenvalue weighted by atomic mass is 79.9. The first-order valence-electron chi connectivity index (χ1n) is 8.81. The molecule has 0 bridgehead atoms. The van der Waals surface area contributed by atoms with Crippen LogP contribution in [0.4, 0.5) is 0 Å². The highest BCUT2D eigenvalue weighted by Gasteiger charge is 2.13. The van der Waals surface area contributed by atoms with Gasteiger partial charge in [-0.15, -0.1) is 0 Å². The molecule has 0 unspecified atom stereocenters. The molecule has 0 radical (unpaired) electrons. The van der Waals surface area contributed by atoms with E-state index in [2.05, 4.69) is 68.3 Å². The Bertz CT molecular complexity index is 1040. The number of hydrogen-bond donors (Lipinski definition) is 1. The van der Waals surface area contributed by atoms with Crippen LogP contribution in [0.1, 0.15) is 19.4 Å². The Morgan fingerprint density at radius 3 is 2.33 bits per heavy atom. The molecule has 0 atom stereocenters. The van der Waals surface area contributed by atoms with E-state index in [0.29, 0.717) is 0 Å². The first-order chi connectivity index (χ1) is 13.1. The van der Waals surface area contributed by atoms with E-state index in [-0.39, 0.29) is 5.75 Å². The van der Waals surface area contributed by atoms with Gasteiger partial charge in [-0.05, 0) is 70.7 Å². The van der Waals surface area contributed by atoms with E-state index in [1.54, 1.807) is 24.1 Å². The van der Waals surface area contributed by atoms with Crippen LogP contribution in [0.3, 0.4) is 0 Å². The minimum atomic E-state index is 0.265. The molecule has 1 N–H and O–H groups in total. The molecule has 138 valence electrons. The van der Waals surface area contributed by atoms with Crippen LogP contribution in [-0.4, -0.2) is 14.1 Å². The molecule has 0 aliphatic rings. The van der Waals surface area contributed by atoms with Gasteiger partial charge in [0.05, 0.1) is 0 Å². The fourth-order valence-corrected chi connectivity index (χ4v) is 3.91. The Hall–Kier alpha value is -2.24. The quantitative estimate of drug-likeness (QED) is 0.370. The Morgan fingerprint density at radius 1 is 1.00 bits per heavy atom. The van der Waals surface area contributed by atoms with Crippen LogP contribution < -0.4 is 0 Å². The number of aromatic hydroxyl groups is 1. The zero-order valence-corrected chi connectivity index (χ0v) is 17.9. The van der Waals surface area contributed by atoms with Crippen LogP contribution in [0.25, 0.3) is 22.2 Å². The third-order valence-corrected chi connectivity index (χ3v) is 5.37. The molecule has 0 fully saturated rings. The Morgan fingerprint density at radius 2 is 1.67 bits per heavy atom. The Kier molecular flexibility index (Phi) is 6.24. The monoisotopic (exact) mass is 440 g/mol. The lowest BCUT2D eigenvalue weighted by atomic mass is 10.1. The first kappa shape index (κ1) is 19.5. The number of benzene rings is 2. The van der Waals surface area contributed by atoms with Crippen molar-refractivity contribution in [1.29, 1.82) is 0 Å². The van der Waals surface area contributed by atoms with Crippen molar-refractivity contribution in [1.82, 2.24) is 8.96 Å². The summed E-state index contributed by atoms with van der Waals surface area (Å²) in [5.41, 5.74) is 4.29. The van der Waals surface area contributed by atoms with E-state index in [9.17, 15) is 5.11 Å².